The Kier molecular flexibility index (Phi) is 5.13. The fourth-order valence-electron chi connectivity index (χ4n) is 2.19. The number of carboxylic acids is 1. The molecule has 0 aromatic carbocycles. The molecule has 4 heteroatoms. The van der Waals surface area contributed by atoms with Crippen molar-refractivity contribution in [2.75, 3.05) is 11.9 Å². The minimum atomic E-state index is -0.925. The molecule has 0 radical (unpaired) electrons. The summed E-state index contributed by atoms with van der Waals surface area (Å²) in [7, 11) is 0. The summed E-state index contributed by atoms with van der Waals surface area (Å²) < 4.78 is 0. The summed E-state index contributed by atoms with van der Waals surface area (Å²) in [5, 5.41) is 12.3. The standard InChI is InChI=1S/C14H22N2O2/c1-9(2)12(10(3)4)7-16-13-8-15-6-5-11(13)14(17)18/h5-6,8-10,12,16H,7H2,1-4H3,(H,17,18). The number of nitrogens with one attached hydrogen (secondary N) is 1. The number of pyridine rings is 1. The van der Waals surface area contributed by atoms with Crippen LogP contribution in [0.3, 0.4) is 0 Å². The molecule has 0 aliphatic heterocycles. The number of nitrogens with zero attached hydrogens (tertiary/aromatic N) is 1. The third-order valence-corrected chi connectivity index (χ3v) is 3.29. The van der Waals surface area contributed by atoms with E-state index in [0.29, 0.717) is 23.4 Å². The van der Waals surface area contributed by atoms with Gasteiger partial charge >= 0.3 is 5.97 Å². The van der Waals surface area contributed by atoms with Crippen LogP contribution in [0, 0.1) is 17.8 Å². The van der Waals surface area contributed by atoms with Crippen LogP contribution in [-0.4, -0.2) is 22.6 Å². The number of carbonyl (C=O) groups is 1. The van der Waals surface area contributed by atoms with Gasteiger partial charge in [0.1, 0.15) is 0 Å². The lowest BCUT2D eigenvalue weighted by atomic mass is 9.85. The Morgan fingerprint density at radius 3 is 2.44 bits per heavy atom. The molecule has 1 aromatic rings. The monoisotopic (exact) mass is 250 g/mol. The summed E-state index contributed by atoms with van der Waals surface area (Å²) in [6.07, 6.45) is 3.07. The van der Waals surface area contributed by atoms with E-state index < -0.39 is 5.97 Å². The number of aromatic carboxylic acids is 1. The maximum atomic E-state index is 11.1. The molecule has 0 fully saturated rings. The number of rotatable bonds is 6. The first-order valence-corrected chi connectivity index (χ1v) is 6.34. The van der Waals surface area contributed by atoms with E-state index in [1.165, 1.54) is 12.3 Å². The van der Waals surface area contributed by atoms with Crippen molar-refractivity contribution < 1.29 is 9.90 Å². The second-order valence-corrected chi connectivity index (χ2v) is 5.26. The summed E-state index contributed by atoms with van der Waals surface area (Å²) in [5.74, 6) is 0.697. The zero-order valence-electron chi connectivity index (χ0n) is 11.5. The molecule has 0 aliphatic rings. The van der Waals surface area contributed by atoms with Gasteiger partial charge in [-0.15, -0.1) is 0 Å². The predicted octanol–water partition coefficient (Wildman–Crippen LogP) is 3.12. The summed E-state index contributed by atoms with van der Waals surface area (Å²) in [6.45, 7) is 9.52. The van der Waals surface area contributed by atoms with Crippen LogP contribution in [0.2, 0.25) is 0 Å². The van der Waals surface area contributed by atoms with E-state index in [2.05, 4.69) is 38.0 Å². The van der Waals surface area contributed by atoms with E-state index in [0.717, 1.165) is 6.54 Å². The molecule has 4 nitrogen and oxygen atoms in total. The Hall–Kier alpha value is -1.58. The smallest absolute Gasteiger partial charge is 0.337 e. The van der Waals surface area contributed by atoms with E-state index in [9.17, 15) is 4.79 Å². The number of carboxylic acid groups (broad SMARTS) is 1. The van der Waals surface area contributed by atoms with Gasteiger partial charge < -0.3 is 10.4 Å². The maximum Gasteiger partial charge on any atom is 0.337 e. The second-order valence-electron chi connectivity index (χ2n) is 5.26. The van der Waals surface area contributed by atoms with Crippen LogP contribution in [0.1, 0.15) is 38.1 Å². The van der Waals surface area contributed by atoms with Gasteiger partial charge in [-0.3, -0.25) is 4.98 Å². The van der Waals surface area contributed by atoms with Gasteiger partial charge in [-0.1, -0.05) is 27.7 Å². The molecule has 1 aromatic heterocycles. The molecule has 0 amide bonds. The van der Waals surface area contributed by atoms with Crippen molar-refractivity contribution in [2.45, 2.75) is 27.7 Å². The van der Waals surface area contributed by atoms with Crippen molar-refractivity contribution in [3.63, 3.8) is 0 Å². The first kappa shape index (κ1) is 14.5. The van der Waals surface area contributed by atoms with Gasteiger partial charge in [0.25, 0.3) is 0 Å². The van der Waals surface area contributed by atoms with Crippen LogP contribution in [0.5, 0.6) is 0 Å². The Morgan fingerprint density at radius 2 is 1.94 bits per heavy atom. The highest BCUT2D eigenvalue weighted by Crippen LogP contribution is 2.22. The molecule has 2 N–H and O–H groups in total. The summed E-state index contributed by atoms with van der Waals surface area (Å²) >= 11 is 0. The fraction of sp³-hybridized carbons (Fsp3) is 0.571. The van der Waals surface area contributed by atoms with Crippen LogP contribution in [0.4, 0.5) is 5.69 Å². The average Bonchev–Trinajstić information content (AvgIpc) is 2.28. The zero-order chi connectivity index (χ0) is 13.7. The van der Waals surface area contributed by atoms with E-state index in [1.54, 1.807) is 6.20 Å². The minimum Gasteiger partial charge on any atom is -0.478 e. The van der Waals surface area contributed by atoms with Crippen molar-refractivity contribution >= 4 is 11.7 Å². The first-order chi connectivity index (χ1) is 8.43. The maximum absolute atomic E-state index is 11.1. The first-order valence-electron chi connectivity index (χ1n) is 6.34. The van der Waals surface area contributed by atoms with E-state index in [1.807, 2.05) is 0 Å². The second kappa shape index (κ2) is 6.38. The lowest BCUT2D eigenvalue weighted by Gasteiger charge is -2.25. The Bertz CT molecular complexity index is 395. The summed E-state index contributed by atoms with van der Waals surface area (Å²) in [5.41, 5.74) is 0.868. The van der Waals surface area contributed by atoms with Crippen molar-refractivity contribution in [1.29, 1.82) is 0 Å². The predicted molar refractivity (Wildman–Crippen MR) is 72.9 cm³/mol. The number of aromatic nitrogens is 1. The number of hydrogen-bond acceptors (Lipinski definition) is 3. The Balaban J connectivity index is 2.76. The van der Waals surface area contributed by atoms with Crippen LogP contribution in [-0.2, 0) is 0 Å². The van der Waals surface area contributed by atoms with E-state index in [-0.39, 0.29) is 5.56 Å². The van der Waals surface area contributed by atoms with Gasteiger partial charge in [-0.05, 0) is 23.8 Å². The largest absolute Gasteiger partial charge is 0.478 e. The van der Waals surface area contributed by atoms with Crippen molar-refractivity contribution in [3.8, 4) is 0 Å². The lowest BCUT2D eigenvalue weighted by Crippen LogP contribution is -2.25. The van der Waals surface area contributed by atoms with Crippen LogP contribution in [0.25, 0.3) is 0 Å². The molecule has 0 spiro atoms. The third-order valence-electron chi connectivity index (χ3n) is 3.29. The normalized spacial score (nSPS) is 11.3. The van der Waals surface area contributed by atoms with Gasteiger partial charge in [-0.2, -0.15) is 0 Å². The average molecular weight is 250 g/mol. The molecular formula is C14H22N2O2. The third kappa shape index (κ3) is 3.72. The van der Waals surface area contributed by atoms with Crippen molar-refractivity contribution in [1.82, 2.24) is 4.98 Å². The van der Waals surface area contributed by atoms with Gasteiger partial charge in [-0.25, -0.2) is 4.79 Å². The van der Waals surface area contributed by atoms with Gasteiger partial charge in [0.15, 0.2) is 0 Å². The lowest BCUT2D eigenvalue weighted by molar-refractivity contribution is 0.0698. The fourth-order valence-corrected chi connectivity index (χ4v) is 2.19. The highest BCUT2D eigenvalue weighted by atomic mass is 16.4. The molecule has 1 rings (SSSR count). The van der Waals surface area contributed by atoms with E-state index >= 15 is 0 Å². The molecule has 0 saturated heterocycles. The molecule has 100 valence electrons. The Morgan fingerprint density at radius 1 is 1.33 bits per heavy atom. The summed E-state index contributed by atoms with van der Waals surface area (Å²) in [6, 6.07) is 1.52. The van der Waals surface area contributed by atoms with Crippen LogP contribution >= 0.6 is 0 Å². The topological polar surface area (TPSA) is 62.2 Å². The number of hydrogen-bond donors (Lipinski definition) is 2. The minimum absolute atomic E-state index is 0.274. The van der Waals surface area contributed by atoms with Gasteiger partial charge in [0.2, 0.25) is 0 Å². The zero-order valence-corrected chi connectivity index (χ0v) is 11.5. The highest BCUT2D eigenvalue weighted by Gasteiger charge is 2.18. The van der Waals surface area contributed by atoms with Crippen LogP contribution in [0.15, 0.2) is 18.5 Å². The van der Waals surface area contributed by atoms with Gasteiger partial charge in [0, 0.05) is 12.7 Å². The number of anilines is 1. The van der Waals surface area contributed by atoms with E-state index in [4.69, 9.17) is 5.11 Å². The van der Waals surface area contributed by atoms with Gasteiger partial charge in [0.05, 0.1) is 17.4 Å². The molecule has 0 saturated carbocycles. The summed E-state index contributed by atoms with van der Waals surface area (Å²) in [4.78, 5) is 15.0. The SMILES string of the molecule is CC(C)C(CNc1cnccc1C(=O)O)C(C)C. The Labute approximate surface area is 108 Å². The highest BCUT2D eigenvalue weighted by molar-refractivity contribution is 5.93. The molecule has 0 unspecified atom stereocenters. The molecule has 0 aliphatic carbocycles. The van der Waals surface area contributed by atoms with Crippen molar-refractivity contribution in [3.05, 3.63) is 24.0 Å². The quantitative estimate of drug-likeness (QED) is 0.814. The molecular weight excluding hydrogens is 228 g/mol. The molecule has 18 heavy (non-hydrogen) atoms. The molecule has 1 heterocycles. The van der Waals surface area contributed by atoms with Crippen molar-refractivity contribution in [2.24, 2.45) is 17.8 Å². The molecule has 0 bridgehead atoms. The molecule has 0 atom stereocenters. The van der Waals surface area contributed by atoms with Crippen LogP contribution < -0.4 is 5.32 Å².